The second-order valence-corrected chi connectivity index (χ2v) is 5.29. The van der Waals surface area contributed by atoms with Gasteiger partial charge in [-0.05, 0) is 68.2 Å². The van der Waals surface area contributed by atoms with Crippen LogP contribution in [0, 0.1) is 0 Å². The van der Waals surface area contributed by atoms with Crippen molar-refractivity contribution in [3.05, 3.63) is 29.3 Å². The smallest absolute Gasteiger partial charge is 0.124 e. The van der Waals surface area contributed by atoms with E-state index in [1.165, 1.54) is 36.8 Å². The Hall–Kier alpha value is -1.02. The van der Waals surface area contributed by atoms with Gasteiger partial charge in [0.1, 0.15) is 11.9 Å². The van der Waals surface area contributed by atoms with E-state index in [1.54, 1.807) is 0 Å². The van der Waals surface area contributed by atoms with Gasteiger partial charge in [-0.15, -0.1) is 0 Å². The Morgan fingerprint density at radius 1 is 1.00 bits per heavy atom. The third-order valence-electron chi connectivity index (χ3n) is 4.03. The maximum atomic E-state index is 9.76. The Morgan fingerprint density at radius 2 is 1.82 bits per heavy atom. The number of fused-ring (bicyclic) bond motifs is 1. The highest BCUT2D eigenvalue weighted by Gasteiger charge is 2.27. The standard InChI is InChI=1S/C15H20O2/c16-14-6-3-7-15(14)17-13-9-8-11-4-1-2-5-12(11)10-13/h8-10,14-16H,1-7H2/t14-,15-/m0/s1. The molecule has 2 aliphatic rings. The Balaban J connectivity index is 1.75. The molecule has 0 saturated heterocycles. The van der Waals surface area contributed by atoms with Crippen molar-refractivity contribution in [1.29, 1.82) is 0 Å². The van der Waals surface area contributed by atoms with Gasteiger partial charge in [-0.1, -0.05) is 6.07 Å². The summed E-state index contributed by atoms with van der Waals surface area (Å²) in [5, 5.41) is 9.76. The maximum absolute atomic E-state index is 9.76. The van der Waals surface area contributed by atoms with Crippen molar-refractivity contribution in [1.82, 2.24) is 0 Å². The molecule has 1 aromatic carbocycles. The summed E-state index contributed by atoms with van der Waals surface area (Å²) >= 11 is 0. The van der Waals surface area contributed by atoms with Gasteiger partial charge in [-0.2, -0.15) is 0 Å². The average molecular weight is 232 g/mol. The van der Waals surface area contributed by atoms with Gasteiger partial charge in [0.25, 0.3) is 0 Å². The first-order valence-electron chi connectivity index (χ1n) is 6.79. The zero-order valence-electron chi connectivity index (χ0n) is 10.2. The lowest BCUT2D eigenvalue weighted by atomic mass is 9.92. The van der Waals surface area contributed by atoms with Crippen LogP contribution in [-0.2, 0) is 12.8 Å². The highest BCUT2D eigenvalue weighted by atomic mass is 16.5. The first-order valence-corrected chi connectivity index (χ1v) is 6.79. The summed E-state index contributed by atoms with van der Waals surface area (Å²) in [6, 6.07) is 6.44. The van der Waals surface area contributed by atoms with Crippen molar-refractivity contribution in [3.8, 4) is 5.75 Å². The van der Waals surface area contributed by atoms with Gasteiger partial charge in [0.05, 0.1) is 6.10 Å². The third-order valence-corrected chi connectivity index (χ3v) is 4.03. The Morgan fingerprint density at radius 3 is 2.59 bits per heavy atom. The Kier molecular flexibility index (Phi) is 3.06. The SMILES string of the molecule is O[C@H]1CCC[C@@H]1Oc1ccc2c(c1)CCCC2. The lowest BCUT2D eigenvalue weighted by Crippen LogP contribution is -2.25. The van der Waals surface area contributed by atoms with Crippen molar-refractivity contribution in [3.63, 3.8) is 0 Å². The van der Waals surface area contributed by atoms with E-state index < -0.39 is 0 Å². The lowest BCUT2D eigenvalue weighted by molar-refractivity contribution is 0.0603. The summed E-state index contributed by atoms with van der Waals surface area (Å²) in [7, 11) is 0. The van der Waals surface area contributed by atoms with E-state index >= 15 is 0 Å². The molecule has 1 aromatic rings. The number of benzene rings is 1. The Labute approximate surface area is 103 Å². The van der Waals surface area contributed by atoms with E-state index in [9.17, 15) is 5.11 Å². The van der Waals surface area contributed by atoms with Crippen LogP contribution in [0.15, 0.2) is 18.2 Å². The summed E-state index contributed by atoms with van der Waals surface area (Å²) in [4.78, 5) is 0. The van der Waals surface area contributed by atoms with Gasteiger partial charge in [-0.3, -0.25) is 0 Å². The molecule has 0 bridgehead atoms. The molecule has 17 heavy (non-hydrogen) atoms. The first kappa shape index (κ1) is 11.1. The third kappa shape index (κ3) is 2.32. The van der Waals surface area contributed by atoms with Crippen molar-refractivity contribution in [2.75, 3.05) is 0 Å². The summed E-state index contributed by atoms with van der Waals surface area (Å²) in [6.45, 7) is 0. The molecule has 2 atom stereocenters. The number of aryl methyl sites for hydroxylation is 2. The van der Waals surface area contributed by atoms with Crippen LogP contribution in [0.5, 0.6) is 5.75 Å². The number of hydrogen-bond acceptors (Lipinski definition) is 2. The van der Waals surface area contributed by atoms with E-state index in [4.69, 9.17) is 4.74 Å². The minimum atomic E-state index is -0.272. The molecule has 0 heterocycles. The predicted molar refractivity (Wildman–Crippen MR) is 67.4 cm³/mol. The van der Waals surface area contributed by atoms with Gasteiger partial charge in [0.2, 0.25) is 0 Å². The largest absolute Gasteiger partial charge is 0.488 e. The quantitative estimate of drug-likeness (QED) is 0.849. The van der Waals surface area contributed by atoms with Crippen molar-refractivity contribution in [2.45, 2.75) is 57.2 Å². The molecule has 0 radical (unpaired) electrons. The molecule has 1 fully saturated rings. The molecule has 1 saturated carbocycles. The molecule has 92 valence electrons. The number of rotatable bonds is 2. The Bertz CT molecular complexity index is 400. The summed E-state index contributed by atoms with van der Waals surface area (Å²) in [5.41, 5.74) is 2.93. The number of aliphatic hydroxyl groups excluding tert-OH is 1. The highest BCUT2D eigenvalue weighted by molar-refractivity contribution is 5.37. The molecule has 0 aromatic heterocycles. The van der Waals surface area contributed by atoms with Gasteiger partial charge in [0.15, 0.2) is 0 Å². The van der Waals surface area contributed by atoms with E-state index in [-0.39, 0.29) is 12.2 Å². The van der Waals surface area contributed by atoms with Crippen LogP contribution in [0.1, 0.15) is 43.2 Å². The molecule has 0 spiro atoms. The fraction of sp³-hybridized carbons (Fsp3) is 0.600. The molecule has 0 amide bonds. The van der Waals surface area contributed by atoms with E-state index in [0.29, 0.717) is 0 Å². The molecule has 0 unspecified atom stereocenters. The van der Waals surface area contributed by atoms with Crippen LogP contribution >= 0.6 is 0 Å². The van der Waals surface area contributed by atoms with Crippen LogP contribution in [-0.4, -0.2) is 17.3 Å². The molecule has 2 aliphatic carbocycles. The fourth-order valence-corrected chi connectivity index (χ4v) is 3.00. The van der Waals surface area contributed by atoms with Crippen LogP contribution in [0.3, 0.4) is 0 Å². The van der Waals surface area contributed by atoms with E-state index in [0.717, 1.165) is 25.0 Å². The summed E-state index contributed by atoms with van der Waals surface area (Å²) < 4.78 is 5.90. The highest BCUT2D eigenvalue weighted by Crippen LogP contribution is 2.29. The number of hydrogen-bond donors (Lipinski definition) is 1. The van der Waals surface area contributed by atoms with Crippen molar-refractivity contribution < 1.29 is 9.84 Å². The summed E-state index contributed by atoms with van der Waals surface area (Å²) in [5.74, 6) is 0.941. The minimum Gasteiger partial charge on any atom is -0.488 e. The monoisotopic (exact) mass is 232 g/mol. The zero-order chi connectivity index (χ0) is 11.7. The molecule has 0 aliphatic heterocycles. The average Bonchev–Trinajstić information content (AvgIpc) is 2.75. The molecule has 2 nitrogen and oxygen atoms in total. The topological polar surface area (TPSA) is 29.5 Å². The van der Waals surface area contributed by atoms with Gasteiger partial charge in [0, 0.05) is 0 Å². The van der Waals surface area contributed by atoms with Gasteiger partial charge >= 0.3 is 0 Å². The van der Waals surface area contributed by atoms with Gasteiger partial charge in [-0.25, -0.2) is 0 Å². The fourth-order valence-electron chi connectivity index (χ4n) is 3.00. The maximum Gasteiger partial charge on any atom is 0.124 e. The second kappa shape index (κ2) is 4.69. The predicted octanol–water partition coefficient (Wildman–Crippen LogP) is 2.86. The number of ether oxygens (including phenoxy) is 1. The zero-order valence-corrected chi connectivity index (χ0v) is 10.2. The van der Waals surface area contributed by atoms with Crippen LogP contribution in [0.4, 0.5) is 0 Å². The molecule has 3 rings (SSSR count). The van der Waals surface area contributed by atoms with E-state index in [1.807, 2.05) is 0 Å². The molecule has 1 N–H and O–H groups in total. The van der Waals surface area contributed by atoms with Crippen LogP contribution in [0.2, 0.25) is 0 Å². The van der Waals surface area contributed by atoms with Crippen molar-refractivity contribution in [2.24, 2.45) is 0 Å². The second-order valence-electron chi connectivity index (χ2n) is 5.29. The molecular formula is C15H20O2. The van der Waals surface area contributed by atoms with Crippen LogP contribution in [0.25, 0.3) is 0 Å². The number of aliphatic hydroxyl groups is 1. The van der Waals surface area contributed by atoms with Gasteiger partial charge < -0.3 is 9.84 Å². The normalized spacial score (nSPS) is 27.8. The van der Waals surface area contributed by atoms with Crippen LogP contribution < -0.4 is 4.74 Å². The first-order chi connectivity index (χ1) is 8.33. The lowest BCUT2D eigenvalue weighted by Gasteiger charge is -2.20. The van der Waals surface area contributed by atoms with E-state index in [2.05, 4.69) is 18.2 Å². The summed E-state index contributed by atoms with van der Waals surface area (Å²) in [6.07, 6.45) is 7.69. The minimum absolute atomic E-state index is 0.0108. The molecule has 2 heteroatoms. The van der Waals surface area contributed by atoms with Crippen molar-refractivity contribution >= 4 is 0 Å². The molecular weight excluding hydrogens is 212 g/mol.